The Kier molecular flexibility index (Phi) is 5.59. The predicted molar refractivity (Wildman–Crippen MR) is 80.8 cm³/mol. The third kappa shape index (κ3) is 4.19. The van der Waals surface area contributed by atoms with Crippen LogP contribution in [0.5, 0.6) is 0 Å². The van der Waals surface area contributed by atoms with Crippen LogP contribution in [-0.2, 0) is 11.2 Å². The fourth-order valence-corrected chi connectivity index (χ4v) is 2.71. The molecule has 0 unspecified atom stereocenters. The molecule has 1 heterocycles. The van der Waals surface area contributed by atoms with Gasteiger partial charge in [-0.1, -0.05) is 25.5 Å². The number of unbranched alkanes of at least 4 members (excludes halogenated alkanes) is 1. The second-order valence-electron chi connectivity index (χ2n) is 5.75. The van der Waals surface area contributed by atoms with Crippen molar-refractivity contribution in [2.75, 3.05) is 13.2 Å². The van der Waals surface area contributed by atoms with E-state index in [1.807, 2.05) is 6.07 Å². The van der Waals surface area contributed by atoms with Crippen LogP contribution in [-0.4, -0.2) is 30.2 Å². The minimum Gasteiger partial charge on any atom is -0.449 e. The summed E-state index contributed by atoms with van der Waals surface area (Å²) in [6, 6.07) is 5.44. The third-order valence-electron chi connectivity index (χ3n) is 4.04. The zero-order valence-electron chi connectivity index (χ0n) is 12.9. The summed E-state index contributed by atoms with van der Waals surface area (Å²) in [4.78, 5) is 13.9. The van der Waals surface area contributed by atoms with E-state index in [0.717, 1.165) is 37.8 Å². The number of nitrogens with zero attached hydrogens (tertiary/aromatic N) is 1. The van der Waals surface area contributed by atoms with E-state index < -0.39 is 0 Å². The lowest BCUT2D eigenvalue weighted by molar-refractivity contribution is 0.0969. The van der Waals surface area contributed by atoms with Crippen LogP contribution in [0.25, 0.3) is 0 Å². The lowest BCUT2D eigenvalue weighted by Gasteiger charge is -2.24. The molecule has 4 heteroatoms. The maximum Gasteiger partial charge on any atom is 0.410 e. The maximum atomic E-state index is 13.6. The molecule has 1 aliphatic rings. The van der Waals surface area contributed by atoms with Crippen LogP contribution in [0, 0.1) is 12.7 Å². The normalized spacial score (nSPS) is 18.0. The fourth-order valence-electron chi connectivity index (χ4n) is 2.71. The quantitative estimate of drug-likeness (QED) is 0.766. The monoisotopic (exact) mass is 293 g/mol. The minimum absolute atomic E-state index is 0.126. The van der Waals surface area contributed by atoms with Gasteiger partial charge in [-0.2, -0.15) is 0 Å². The maximum absolute atomic E-state index is 13.6. The summed E-state index contributed by atoms with van der Waals surface area (Å²) in [7, 11) is 0. The Hall–Kier alpha value is -1.58. The van der Waals surface area contributed by atoms with Gasteiger partial charge >= 0.3 is 6.09 Å². The summed E-state index contributed by atoms with van der Waals surface area (Å²) >= 11 is 0. The molecule has 2 rings (SSSR count). The Balaban J connectivity index is 1.95. The third-order valence-corrected chi connectivity index (χ3v) is 4.04. The van der Waals surface area contributed by atoms with Crippen LogP contribution in [0.2, 0.25) is 0 Å². The first-order chi connectivity index (χ1) is 10.1. The van der Waals surface area contributed by atoms with Crippen molar-refractivity contribution in [2.45, 2.75) is 52.0 Å². The number of carbonyl (C=O) groups is 1. The first-order valence-corrected chi connectivity index (χ1v) is 7.80. The van der Waals surface area contributed by atoms with Gasteiger partial charge in [0.1, 0.15) is 5.82 Å². The Morgan fingerprint density at radius 1 is 1.48 bits per heavy atom. The predicted octanol–water partition coefficient (Wildman–Crippen LogP) is 4.08. The molecule has 0 aliphatic carbocycles. The first-order valence-electron chi connectivity index (χ1n) is 7.80. The van der Waals surface area contributed by atoms with E-state index in [-0.39, 0.29) is 18.0 Å². The molecular formula is C17H24FNO2. The van der Waals surface area contributed by atoms with Gasteiger partial charge < -0.3 is 9.64 Å². The number of hydrogen-bond acceptors (Lipinski definition) is 2. The average Bonchev–Trinajstić information content (AvgIpc) is 2.91. The second kappa shape index (κ2) is 7.43. The van der Waals surface area contributed by atoms with Gasteiger partial charge in [0, 0.05) is 12.6 Å². The minimum atomic E-state index is -0.224. The number of benzene rings is 1. The van der Waals surface area contributed by atoms with Gasteiger partial charge in [-0.05, 0) is 49.8 Å². The van der Waals surface area contributed by atoms with E-state index in [1.54, 1.807) is 24.0 Å². The summed E-state index contributed by atoms with van der Waals surface area (Å²) in [6.45, 7) is 5.05. The van der Waals surface area contributed by atoms with E-state index >= 15 is 0 Å². The van der Waals surface area contributed by atoms with Crippen LogP contribution >= 0.6 is 0 Å². The van der Waals surface area contributed by atoms with Crippen LogP contribution in [0.15, 0.2) is 18.2 Å². The number of rotatable bonds is 5. The number of ether oxygens (including phenoxy) is 1. The molecule has 0 saturated carbocycles. The summed E-state index contributed by atoms with van der Waals surface area (Å²) in [5.74, 6) is -0.178. The van der Waals surface area contributed by atoms with Gasteiger partial charge in [-0.15, -0.1) is 0 Å². The highest BCUT2D eigenvalue weighted by atomic mass is 19.1. The Morgan fingerprint density at radius 2 is 2.29 bits per heavy atom. The van der Waals surface area contributed by atoms with E-state index in [9.17, 15) is 9.18 Å². The number of hydrogen-bond donors (Lipinski definition) is 0. The van der Waals surface area contributed by atoms with Crippen molar-refractivity contribution in [1.82, 2.24) is 4.90 Å². The number of amides is 1. The molecule has 1 fully saturated rings. The summed E-state index contributed by atoms with van der Waals surface area (Å²) < 4.78 is 18.9. The standard InChI is InChI=1S/C17H24FNO2/c1-3-4-10-21-17(20)19-9-5-6-15(19)11-14-8-7-13(2)16(18)12-14/h7-8,12,15H,3-6,9-11H2,1-2H3/t15-/m0/s1. The van der Waals surface area contributed by atoms with E-state index in [2.05, 4.69) is 6.92 Å². The largest absolute Gasteiger partial charge is 0.449 e. The molecule has 3 nitrogen and oxygen atoms in total. The van der Waals surface area contributed by atoms with Crippen molar-refractivity contribution in [3.05, 3.63) is 35.1 Å². The topological polar surface area (TPSA) is 29.5 Å². The van der Waals surface area contributed by atoms with Gasteiger partial charge in [0.25, 0.3) is 0 Å². The van der Waals surface area contributed by atoms with Crippen LogP contribution in [0.1, 0.15) is 43.7 Å². The molecule has 0 radical (unpaired) electrons. The molecule has 1 aromatic carbocycles. The van der Waals surface area contributed by atoms with Crippen LogP contribution < -0.4 is 0 Å². The highest BCUT2D eigenvalue weighted by molar-refractivity contribution is 5.68. The molecule has 1 aliphatic heterocycles. The number of halogens is 1. The Labute approximate surface area is 126 Å². The van der Waals surface area contributed by atoms with Crippen LogP contribution in [0.4, 0.5) is 9.18 Å². The first kappa shape index (κ1) is 15.8. The van der Waals surface area contributed by atoms with Gasteiger partial charge in [0.05, 0.1) is 6.61 Å². The molecule has 1 aromatic rings. The van der Waals surface area contributed by atoms with Crippen molar-refractivity contribution in [3.63, 3.8) is 0 Å². The number of likely N-dealkylation sites (tertiary alicyclic amines) is 1. The molecule has 0 spiro atoms. The number of carbonyl (C=O) groups excluding carboxylic acids is 1. The molecule has 21 heavy (non-hydrogen) atoms. The van der Waals surface area contributed by atoms with Crippen molar-refractivity contribution < 1.29 is 13.9 Å². The van der Waals surface area contributed by atoms with Crippen molar-refractivity contribution in [1.29, 1.82) is 0 Å². The van der Waals surface area contributed by atoms with E-state index in [1.165, 1.54) is 0 Å². The second-order valence-corrected chi connectivity index (χ2v) is 5.75. The molecule has 1 saturated heterocycles. The molecule has 0 N–H and O–H groups in total. The Morgan fingerprint density at radius 3 is 3.00 bits per heavy atom. The zero-order chi connectivity index (χ0) is 15.2. The fraction of sp³-hybridized carbons (Fsp3) is 0.588. The molecule has 1 atom stereocenters. The highest BCUT2D eigenvalue weighted by Crippen LogP contribution is 2.23. The zero-order valence-corrected chi connectivity index (χ0v) is 12.9. The van der Waals surface area contributed by atoms with Crippen LogP contribution in [0.3, 0.4) is 0 Å². The molecule has 116 valence electrons. The summed E-state index contributed by atoms with van der Waals surface area (Å²) in [5.41, 5.74) is 1.59. The van der Waals surface area contributed by atoms with E-state index in [4.69, 9.17) is 4.74 Å². The van der Waals surface area contributed by atoms with Crippen molar-refractivity contribution >= 4 is 6.09 Å². The lowest BCUT2D eigenvalue weighted by atomic mass is 10.0. The Bertz CT molecular complexity index is 490. The molecule has 0 bridgehead atoms. The van der Waals surface area contributed by atoms with Gasteiger partial charge in [-0.3, -0.25) is 0 Å². The SMILES string of the molecule is CCCCOC(=O)N1CCC[C@H]1Cc1ccc(C)c(F)c1. The van der Waals surface area contributed by atoms with Gasteiger partial charge in [0.2, 0.25) is 0 Å². The molecule has 0 aromatic heterocycles. The molecule has 1 amide bonds. The number of aryl methyl sites for hydroxylation is 1. The average molecular weight is 293 g/mol. The highest BCUT2D eigenvalue weighted by Gasteiger charge is 2.29. The van der Waals surface area contributed by atoms with E-state index in [0.29, 0.717) is 18.6 Å². The molecular weight excluding hydrogens is 269 g/mol. The summed E-state index contributed by atoms with van der Waals surface area (Å²) in [6.07, 6.45) is 4.33. The lowest BCUT2D eigenvalue weighted by Crippen LogP contribution is -2.37. The van der Waals surface area contributed by atoms with Gasteiger partial charge in [-0.25, -0.2) is 9.18 Å². The van der Waals surface area contributed by atoms with Crippen molar-refractivity contribution in [3.8, 4) is 0 Å². The summed E-state index contributed by atoms with van der Waals surface area (Å²) in [5, 5.41) is 0. The van der Waals surface area contributed by atoms with Crippen molar-refractivity contribution in [2.24, 2.45) is 0 Å². The van der Waals surface area contributed by atoms with Gasteiger partial charge in [0.15, 0.2) is 0 Å². The smallest absolute Gasteiger partial charge is 0.410 e.